The van der Waals surface area contributed by atoms with Gasteiger partial charge in [0.25, 0.3) is 0 Å². The van der Waals surface area contributed by atoms with Crippen LogP contribution in [-0.4, -0.2) is 17.8 Å². The van der Waals surface area contributed by atoms with Crippen molar-refractivity contribution in [1.29, 1.82) is 0 Å². The molecule has 0 aromatic heterocycles. The molecule has 21 heavy (non-hydrogen) atoms. The van der Waals surface area contributed by atoms with Crippen LogP contribution in [0.5, 0.6) is 0 Å². The first-order valence-corrected chi connectivity index (χ1v) is 8.75. The molecule has 2 nitrogen and oxygen atoms in total. The van der Waals surface area contributed by atoms with E-state index in [0.29, 0.717) is 6.54 Å². The van der Waals surface area contributed by atoms with Gasteiger partial charge in [-0.3, -0.25) is 0 Å². The highest BCUT2D eigenvalue weighted by Crippen LogP contribution is 2.10. The average molecular weight is 291 g/mol. The Morgan fingerprint density at radius 3 is 2.19 bits per heavy atom. The summed E-state index contributed by atoms with van der Waals surface area (Å²) in [6.07, 6.45) is 11.3. The van der Waals surface area contributed by atoms with Gasteiger partial charge in [0.2, 0.25) is 0 Å². The lowest BCUT2D eigenvalue weighted by Crippen LogP contribution is -2.26. The van der Waals surface area contributed by atoms with Gasteiger partial charge in [-0.15, -0.1) is 0 Å². The quantitative estimate of drug-likeness (QED) is 0.518. The third kappa shape index (κ3) is 10.5. The minimum atomic E-state index is -0.200. The van der Waals surface area contributed by atoms with Crippen LogP contribution in [0.3, 0.4) is 0 Å². The summed E-state index contributed by atoms with van der Waals surface area (Å²) >= 11 is 0. The van der Waals surface area contributed by atoms with Crippen LogP contribution in [0.1, 0.15) is 70.3 Å². The van der Waals surface area contributed by atoms with E-state index in [1.807, 2.05) is 18.2 Å². The van der Waals surface area contributed by atoms with Gasteiger partial charge in [0.05, 0.1) is 6.10 Å². The van der Waals surface area contributed by atoms with Crippen LogP contribution in [0.15, 0.2) is 30.3 Å². The van der Waals surface area contributed by atoms with Crippen molar-refractivity contribution in [1.82, 2.24) is 5.32 Å². The summed E-state index contributed by atoms with van der Waals surface area (Å²) in [6.45, 7) is 3.80. The average Bonchev–Trinajstić information content (AvgIpc) is 2.51. The summed E-state index contributed by atoms with van der Waals surface area (Å²) in [5, 5.41) is 13.3. The summed E-state index contributed by atoms with van der Waals surface area (Å²) in [5.74, 6) is 0. The highest BCUT2D eigenvalue weighted by atomic mass is 16.3. The zero-order chi connectivity index (χ0) is 15.2. The molecule has 0 fully saturated rings. The van der Waals surface area contributed by atoms with E-state index < -0.39 is 0 Å². The molecule has 0 aliphatic heterocycles. The molecular formula is C19H33NO. The monoisotopic (exact) mass is 291 g/mol. The number of hydrogen-bond donors (Lipinski definition) is 2. The summed E-state index contributed by atoms with van der Waals surface area (Å²) in [7, 11) is 0. The van der Waals surface area contributed by atoms with Gasteiger partial charge >= 0.3 is 0 Å². The number of hydrogen-bond acceptors (Lipinski definition) is 2. The van der Waals surface area contributed by atoms with Crippen LogP contribution in [0.2, 0.25) is 0 Å². The number of aliphatic hydroxyl groups excluding tert-OH is 1. The number of aliphatic hydroxyl groups is 1. The van der Waals surface area contributed by atoms with Crippen LogP contribution in [0.4, 0.5) is 0 Å². The van der Waals surface area contributed by atoms with Crippen LogP contribution < -0.4 is 5.32 Å². The molecule has 2 N–H and O–H groups in total. The van der Waals surface area contributed by atoms with Gasteiger partial charge in [0.15, 0.2) is 0 Å². The molecule has 0 unspecified atom stereocenters. The minimum absolute atomic E-state index is 0.200. The predicted octanol–water partition coefficient (Wildman–Crippen LogP) is 4.67. The molecule has 0 aliphatic carbocycles. The second-order valence-electron chi connectivity index (χ2n) is 6.03. The number of nitrogens with one attached hydrogen (secondary N) is 1. The molecule has 0 heterocycles. The van der Waals surface area contributed by atoms with Crippen molar-refractivity contribution < 1.29 is 5.11 Å². The van der Waals surface area contributed by atoms with Crippen molar-refractivity contribution in [3.05, 3.63) is 35.9 Å². The number of rotatable bonds is 13. The SMILES string of the molecule is CCCCCCCCCC[C@@H](O)CNCc1ccccc1. The molecular weight excluding hydrogens is 258 g/mol. The predicted molar refractivity (Wildman–Crippen MR) is 91.4 cm³/mol. The van der Waals surface area contributed by atoms with Gasteiger partial charge in [0, 0.05) is 13.1 Å². The minimum Gasteiger partial charge on any atom is -0.392 e. The zero-order valence-electron chi connectivity index (χ0n) is 13.7. The van der Waals surface area contributed by atoms with E-state index in [-0.39, 0.29) is 6.10 Å². The van der Waals surface area contributed by atoms with Crippen LogP contribution in [0, 0.1) is 0 Å². The third-order valence-electron chi connectivity index (χ3n) is 3.94. The Hall–Kier alpha value is -0.860. The smallest absolute Gasteiger partial charge is 0.0664 e. The Morgan fingerprint density at radius 2 is 1.52 bits per heavy atom. The maximum atomic E-state index is 9.94. The van der Waals surface area contributed by atoms with E-state index in [4.69, 9.17) is 0 Å². The second kappa shape index (κ2) is 12.8. The van der Waals surface area contributed by atoms with Gasteiger partial charge in [-0.1, -0.05) is 88.6 Å². The molecule has 0 saturated carbocycles. The lowest BCUT2D eigenvalue weighted by molar-refractivity contribution is 0.157. The lowest BCUT2D eigenvalue weighted by atomic mass is 10.1. The van der Waals surface area contributed by atoms with E-state index in [1.54, 1.807) is 0 Å². The summed E-state index contributed by atoms with van der Waals surface area (Å²) < 4.78 is 0. The fourth-order valence-corrected chi connectivity index (χ4v) is 2.59. The first-order valence-electron chi connectivity index (χ1n) is 8.75. The van der Waals surface area contributed by atoms with E-state index in [1.165, 1.54) is 50.5 Å². The van der Waals surface area contributed by atoms with Crippen molar-refractivity contribution in [2.45, 2.75) is 77.4 Å². The van der Waals surface area contributed by atoms with Gasteiger partial charge in [-0.25, -0.2) is 0 Å². The van der Waals surface area contributed by atoms with E-state index in [9.17, 15) is 5.11 Å². The van der Waals surface area contributed by atoms with Gasteiger partial charge < -0.3 is 10.4 Å². The molecule has 120 valence electrons. The molecule has 1 aromatic carbocycles. The van der Waals surface area contributed by atoms with Gasteiger partial charge in [-0.2, -0.15) is 0 Å². The molecule has 0 amide bonds. The maximum Gasteiger partial charge on any atom is 0.0664 e. The van der Waals surface area contributed by atoms with E-state index >= 15 is 0 Å². The number of unbranched alkanes of at least 4 members (excludes halogenated alkanes) is 7. The maximum absolute atomic E-state index is 9.94. The van der Waals surface area contributed by atoms with E-state index in [0.717, 1.165) is 19.4 Å². The molecule has 0 spiro atoms. The molecule has 0 aliphatic rings. The second-order valence-corrected chi connectivity index (χ2v) is 6.03. The fraction of sp³-hybridized carbons (Fsp3) is 0.684. The van der Waals surface area contributed by atoms with Crippen LogP contribution in [0.25, 0.3) is 0 Å². The van der Waals surface area contributed by atoms with E-state index in [2.05, 4.69) is 24.4 Å². The molecule has 1 rings (SSSR count). The summed E-state index contributed by atoms with van der Waals surface area (Å²) in [5.41, 5.74) is 1.27. The number of benzene rings is 1. The lowest BCUT2D eigenvalue weighted by Gasteiger charge is -2.11. The Morgan fingerprint density at radius 1 is 0.905 bits per heavy atom. The highest BCUT2D eigenvalue weighted by molar-refractivity contribution is 5.14. The largest absolute Gasteiger partial charge is 0.392 e. The standard InChI is InChI=1S/C19H33NO/c1-2-3-4-5-6-7-8-12-15-19(21)17-20-16-18-13-10-9-11-14-18/h9-11,13-14,19-21H,2-8,12,15-17H2,1H3/t19-/m1/s1. The van der Waals surface area contributed by atoms with Crippen molar-refractivity contribution >= 4 is 0 Å². The Kier molecular flexibility index (Phi) is 11.1. The third-order valence-corrected chi connectivity index (χ3v) is 3.94. The molecule has 2 heteroatoms. The summed E-state index contributed by atoms with van der Waals surface area (Å²) in [4.78, 5) is 0. The van der Waals surface area contributed by atoms with Crippen molar-refractivity contribution in [3.8, 4) is 0 Å². The topological polar surface area (TPSA) is 32.3 Å². The van der Waals surface area contributed by atoms with Crippen LogP contribution in [-0.2, 0) is 6.54 Å². The first-order chi connectivity index (χ1) is 10.3. The molecule has 1 atom stereocenters. The van der Waals surface area contributed by atoms with Crippen molar-refractivity contribution in [3.63, 3.8) is 0 Å². The van der Waals surface area contributed by atoms with Gasteiger partial charge in [0.1, 0.15) is 0 Å². The van der Waals surface area contributed by atoms with Gasteiger partial charge in [-0.05, 0) is 12.0 Å². The Balaban J connectivity index is 1.88. The normalized spacial score (nSPS) is 12.5. The molecule has 0 radical (unpaired) electrons. The Labute approximate surface area is 131 Å². The van der Waals surface area contributed by atoms with Crippen molar-refractivity contribution in [2.24, 2.45) is 0 Å². The zero-order valence-corrected chi connectivity index (χ0v) is 13.7. The summed E-state index contributed by atoms with van der Waals surface area (Å²) in [6, 6.07) is 10.3. The Bertz CT molecular complexity index is 326. The first kappa shape index (κ1) is 18.2. The van der Waals surface area contributed by atoms with Crippen LogP contribution >= 0.6 is 0 Å². The molecule has 1 aromatic rings. The highest BCUT2D eigenvalue weighted by Gasteiger charge is 2.03. The fourth-order valence-electron chi connectivity index (χ4n) is 2.59. The van der Waals surface area contributed by atoms with Crippen molar-refractivity contribution in [2.75, 3.05) is 6.54 Å². The molecule has 0 saturated heterocycles. The molecule has 0 bridgehead atoms.